The van der Waals surface area contributed by atoms with E-state index in [0.29, 0.717) is 19.4 Å². The van der Waals surface area contributed by atoms with Crippen LogP contribution in [0.4, 0.5) is 0 Å². The van der Waals surface area contributed by atoms with Crippen LogP contribution in [-0.4, -0.2) is 42.5 Å². The largest absolute Gasteiger partial charge is 0.494 e. The zero-order valence-corrected chi connectivity index (χ0v) is 14.0. The number of benzene rings is 1. The van der Waals surface area contributed by atoms with E-state index >= 15 is 0 Å². The second kappa shape index (κ2) is 8.56. The van der Waals surface area contributed by atoms with Crippen molar-refractivity contribution in [2.75, 3.05) is 19.7 Å². The lowest BCUT2D eigenvalue weighted by atomic mass is 10.0. The van der Waals surface area contributed by atoms with E-state index in [9.17, 15) is 9.59 Å². The second-order valence-corrected chi connectivity index (χ2v) is 5.83. The van der Waals surface area contributed by atoms with E-state index in [4.69, 9.17) is 4.74 Å². The van der Waals surface area contributed by atoms with Crippen molar-refractivity contribution in [2.24, 2.45) is 0 Å². The van der Waals surface area contributed by atoms with Crippen molar-refractivity contribution in [1.29, 1.82) is 0 Å². The van der Waals surface area contributed by atoms with Crippen LogP contribution < -0.4 is 10.1 Å². The zero-order chi connectivity index (χ0) is 16.7. The third kappa shape index (κ3) is 5.27. The summed E-state index contributed by atoms with van der Waals surface area (Å²) < 4.78 is 5.39. The summed E-state index contributed by atoms with van der Waals surface area (Å²) in [5, 5.41) is 3.08. The molecular weight excluding hydrogens is 292 g/mol. The van der Waals surface area contributed by atoms with E-state index in [2.05, 4.69) is 5.32 Å². The number of ether oxygens (including phenoxy) is 1. The van der Waals surface area contributed by atoms with Gasteiger partial charge in [-0.3, -0.25) is 9.59 Å². The lowest BCUT2D eigenvalue weighted by Crippen LogP contribution is -2.46. The topological polar surface area (TPSA) is 58.6 Å². The van der Waals surface area contributed by atoms with Gasteiger partial charge in [0.1, 0.15) is 5.75 Å². The van der Waals surface area contributed by atoms with Crippen LogP contribution in [0.15, 0.2) is 24.3 Å². The van der Waals surface area contributed by atoms with E-state index in [1.54, 1.807) is 0 Å². The normalized spacial score (nSPS) is 15.3. The summed E-state index contributed by atoms with van der Waals surface area (Å²) in [6.07, 6.45) is 2.59. The molecule has 1 aromatic rings. The number of carbonyl (C=O) groups is 2. The Morgan fingerprint density at radius 3 is 2.39 bits per heavy atom. The molecule has 0 atom stereocenters. The van der Waals surface area contributed by atoms with Gasteiger partial charge in [-0.05, 0) is 37.5 Å². The van der Waals surface area contributed by atoms with Crippen LogP contribution in [0.1, 0.15) is 38.7 Å². The Hall–Kier alpha value is -2.04. The molecule has 0 aliphatic carbocycles. The Kier molecular flexibility index (Phi) is 6.44. The highest BCUT2D eigenvalue weighted by molar-refractivity contribution is 5.79. The quantitative estimate of drug-likeness (QED) is 0.874. The maximum Gasteiger partial charge on any atom is 0.224 e. The summed E-state index contributed by atoms with van der Waals surface area (Å²) >= 11 is 0. The molecular formula is C18H26N2O3. The Bertz CT molecular complexity index is 520. The van der Waals surface area contributed by atoms with Crippen LogP contribution in [0.5, 0.6) is 5.75 Å². The molecule has 5 heteroatoms. The number of piperidine rings is 1. The molecule has 0 saturated carbocycles. The number of rotatable bonds is 6. The molecule has 0 aromatic heterocycles. The summed E-state index contributed by atoms with van der Waals surface area (Å²) in [4.78, 5) is 25.7. The van der Waals surface area contributed by atoms with Gasteiger partial charge in [-0.1, -0.05) is 19.1 Å². The number of nitrogens with zero attached hydrogens (tertiary/aromatic N) is 1. The molecule has 1 aliphatic heterocycles. The fourth-order valence-corrected chi connectivity index (χ4v) is 2.83. The fraction of sp³-hybridized carbons (Fsp3) is 0.556. The van der Waals surface area contributed by atoms with Crippen LogP contribution in [0.3, 0.4) is 0 Å². The van der Waals surface area contributed by atoms with Gasteiger partial charge < -0.3 is 15.0 Å². The van der Waals surface area contributed by atoms with Gasteiger partial charge in [0.15, 0.2) is 0 Å². The molecule has 23 heavy (non-hydrogen) atoms. The number of likely N-dealkylation sites (tertiary alicyclic amines) is 1. The number of nitrogens with one attached hydrogen (secondary N) is 1. The third-order valence-corrected chi connectivity index (χ3v) is 4.11. The SMILES string of the molecule is CCOc1ccc(CC(=O)NC2CCN(C(=O)CC)CC2)cc1. The van der Waals surface area contributed by atoms with Gasteiger partial charge in [0.25, 0.3) is 0 Å². The van der Waals surface area contributed by atoms with Crippen molar-refractivity contribution in [2.45, 2.75) is 45.6 Å². The first kappa shape index (κ1) is 17.3. The number of hydrogen-bond acceptors (Lipinski definition) is 3. The minimum atomic E-state index is 0.0365. The zero-order valence-electron chi connectivity index (χ0n) is 14.0. The van der Waals surface area contributed by atoms with Gasteiger partial charge in [0.2, 0.25) is 11.8 Å². The van der Waals surface area contributed by atoms with Gasteiger partial charge >= 0.3 is 0 Å². The summed E-state index contributed by atoms with van der Waals surface area (Å²) in [5.41, 5.74) is 0.976. The van der Waals surface area contributed by atoms with Crippen LogP contribution in [-0.2, 0) is 16.0 Å². The van der Waals surface area contributed by atoms with Crippen molar-refractivity contribution in [3.63, 3.8) is 0 Å². The molecule has 2 amide bonds. The first-order chi connectivity index (χ1) is 11.1. The summed E-state index contributed by atoms with van der Waals surface area (Å²) in [6.45, 7) is 5.94. The Balaban J connectivity index is 1.76. The number of hydrogen-bond donors (Lipinski definition) is 1. The van der Waals surface area contributed by atoms with Crippen molar-refractivity contribution in [3.8, 4) is 5.75 Å². The minimum Gasteiger partial charge on any atom is -0.494 e. The van der Waals surface area contributed by atoms with Crippen molar-refractivity contribution < 1.29 is 14.3 Å². The molecule has 2 rings (SSSR count). The Labute approximate surface area is 138 Å². The average molecular weight is 318 g/mol. The monoisotopic (exact) mass is 318 g/mol. The molecule has 0 spiro atoms. The van der Waals surface area contributed by atoms with E-state index in [0.717, 1.165) is 37.2 Å². The van der Waals surface area contributed by atoms with Gasteiger partial charge in [-0.2, -0.15) is 0 Å². The molecule has 1 heterocycles. The lowest BCUT2D eigenvalue weighted by molar-refractivity contribution is -0.132. The molecule has 1 N–H and O–H groups in total. The summed E-state index contributed by atoms with van der Waals surface area (Å²) in [5.74, 6) is 1.06. The van der Waals surface area contributed by atoms with Crippen LogP contribution in [0.2, 0.25) is 0 Å². The van der Waals surface area contributed by atoms with E-state index in [1.165, 1.54) is 0 Å². The second-order valence-electron chi connectivity index (χ2n) is 5.83. The third-order valence-electron chi connectivity index (χ3n) is 4.11. The number of amides is 2. The van der Waals surface area contributed by atoms with Crippen LogP contribution >= 0.6 is 0 Å². The first-order valence-corrected chi connectivity index (χ1v) is 8.41. The van der Waals surface area contributed by atoms with Gasteiger partial charge in [0, 0.05) is 25.6 Å². The Morgan fingerprint density at radius 2 is 1.83 bits per heavy atom. The van der Waals surface area contributed by atoms with E-state index in [-0.39, 0.29) is 17.9 Å². The predicted molar refractivity (Wildman–Crippen MR) is 89.4 cm³/mol. The van der Waals surface area contributed by atoms with Gasteiger partial charge in [-0.15, -0.1) is 0 Å². The van der Waals surface area contributed by atoms with E-state index in [1.807, 2.05) is 43.0 Å². The van der Waals surface area contributed by atoms with Crippen LogP contribution in [0.25, 0.3) is 0 Å². The predicted octanol–water partition coefficient (Wildman–Crippen LogP) is 2.14. The fourth-order valence-electron chi connectivity index (χ4n) is 2.83. The average Bonchev–Trinajstić information content (AvgIpc) is 2.57. The maximum absolute atomic E-state index is 12.1. The molecule has 5 nitrogen and oxygen atoms in total. The highest BCUT2D eigenvalue weighted by atomic mass is 16.5. The highest BCUT2D eigenvalue weighted by Crippen LogP contribution is 2.14. The van der Waals surface area contributed by atoms with Crippen molar-refractivity contribution >= 4 is 11.8 Å². The summed E-state index contributed by atoms with van der Waals surface area (Å²) in [7, 11) is 0. The van der Waals surface area contributed by atoms with Crippen molar-refractivity contribution in [3.05, 3.63) is 29.8 Å². The maximum atomic E-state index is 12.1. The van der Waals surface area contributed by atoms with E-state index < -0.39 is 0 Å². The molecule has 0 radical (unpaired) electrons. The summed E-state index contributed by atoms with van der Waals surface area (Å²) in [6, 6.07) is 7.80. The molecule has 0 unspecified atom stereocenters. The highest BCUT2D eigenvalue weighted by Gasteiger charge is 2.22. The molecule has 1 saturated heterocycles. The molecule has 1 aromatic carbocycles. The lowest BCUT2D eigenvalue weighted by Gasteiger charge is -2.32. The first-order valence-electron chi connectivity index (χ1n) is 8.41. The number of carbonyl (C=O) groups excluding carboxylic acids is 2. The smallest absolute Gasteiger partial charge is 0.224 e. The van der Waals surface area contributed by atoms with Crippen molar-refractivity contribution in [1.82, 2.24) is 10.2 Å². The molecule has 1 aliphatic rings. The van der Waals surface area contributed by atoms with Crippen LogP contribution in [0, 0.1) is 0 Å². The molecule has 0 bridgehead atoms. The minimum absolute atomic E-state index is 0.0365. The van der Waals surface area contributed by atoms with Gasteiger partial charge in [0.05, 0.1) is 13.0 Å². The Morgan fingerprint density at radius 1 is 1.17 bits per heavy atom. The van der Waals surface area contributed by atoms with Gasteiger partial charge in [-0.25, -0.2) is 0 Å². The standard InChI is InChI=1S/C18H26N2O3/c1-3-18(22)20-11-9-15(10-12-20)19-17(21)13-14-5-7-16(8-6-14)23-4-2/h5-8,15H,3-4,9-13H2,1-2H3,(H,19,21). The molecule has 126 valence electrons. The molecule has 1 fully saturated rings.